The SMILES string of the molecule is CN(C)CCNC(=O)/C(=C/c1ccc(-c2ccccc2[N+](=O)[O-])o1)NC(=O)c1ccccc1. The molecule has 9 heteroatoms. The lowest BCUT2D eigenvalue weighted by molar-refractivity contribution is -0.384. The summed E-state index contributed by atoms with van der Waals surface area (Å²) in [6.45, 7) is 0.998. The van der Waals surface area contributed by atoms with Gasteiger partial charge in [-0.25, -0.2) is 0 Å². The minimum atomic E-state index is -0.489. The first kappa shape index (κ1) is 23.4. The van der Waals surface area contributed by atoms with Gasteiger partial charge in [-0.15, -0.1) is 0 Å². The summed E-state index contributed by atoms with van der Waals surface area (Å²) in [7, 11) is 3.76. The predicted molar refractivity (Wildman–Crippen MR) is 124 cm³/mol. The van der Waals surface area contributed by atoms with Crippen LogP contribution in [0.15, 0.2) is 76.8 Å². The molecule has 3 aromatic rings. The number of hydrogen-bond acceptors (Lipinski definition) is 6. The van der Waals surface area contributed by atoms with Crippen molar-refractivity contribution in [2.45, 2.75) is 0 Å². The maximum absolute atomic E-state index is 12.8. The highest BCUT2D eigenvalue weighted by Crippen LogP contribution is 2.31. The fourth-order valence-electron chi connectivity index (χ4n) is 2.99. The third kappa shape index (κ3) is 6.37. The van der Waals surface area contributed by atoms with Crippen LogP contribution in [0.1, 0.15) is 16.1 Å². The van der Waals surface area contributed by atoms with E-state index < -0.39 is 16.7 Å². The van der Waals surface area contributed by atoms with Crippen molar-refractivity contribution < 1.29 is 18.9 Å². The molecular formula is C24H24N4O5. The van der Waals surface area contributed by atoms with Crippen LogP contribution >= 0.6 is 0 Å². The zero-order valence-electron chi connectivity index (χ0n) is 18.3. The summed E-state index contributed by atoms with van der Waals surface area (Å²) in [4.78, 5) is 38.2. The number of nitro groups is 1. The number of nitro benzene ring substituents is 1. The summed E-state index contributed by atoms with van der Waals surface area (Å²) in [6, 6.07) is 17.9. The molecule has 0 unspecified atom stereocenters. The van der Waals surface area contributed by atoms with Crippen LogP contribution in [-0.2, 0) is 4.79 Å². The molecule has 0 fully saturated rings. The van der Waals surface area contributed by atoms with Crippen molar-refractivity contribution >= 4 is 23.6 Å². The Morgan fingerprint density at radius 2 is 1.73 bits per heavy atom. The molecule has 0 aliphatic carbocycles. The third-order valence-electron chi connectivity index (χ3n) is 4.65. The molecule has 2 aromatic carbocycles. The van der Waals surface area contributed by atoms with Crippen molar-refractivity contribution in [2.75, 3.05) is 27.2 Å². The van der Waals surface area contributed by atoms with Gasteiger partial charge in [-0.05, 0) is 44.4 Å². The summed E-state index contributed by atoms with van der Waals surface area (Å²) in [5.41, 5.74) is 0.601. The van der Waals surface area contributed by atoms with E-state index in [1.165, 1.54) is 12.1 Å². The van der Waals surface area contributed by atoms with Gasteiger partial charge in [0.05, 0.1) is 10.5 Å². The monoisotopic (exact) mass is 448 g/mol. The molecule has 0 aliphatic rings. The molecule has 9 nitrogen and oxygen atoms in total. The Bertz CT molecular complexity index is 1170. The Labute approximate surface area is 190 Å². The molecule has 0 saturated carbocycles. The van der Waals surface area contributed by atoms with Gasteiger partial charge in [0.25, 0.3) is 17.5 Å². The molecule has 0 saturated heterocycles. The minimum Gasteiger partial charge on any atom is -0.456 e. The van der Waals surface area contributed by atoms with Crippen LogP contribution in [0.3, 0.4) is 0 Å². The van der Waals surface area contributed by atoms with Crippen LogP contribution in [-0.4, -0.2) is 48.8 Å². The van der Waals surface area contributed by atoms with Crippen molar-refractivity contribution in [3.8, 4) is 11.3 Å². The molecule has 33 heavy (non-hydrogen) atoms. The molecule has 0 radical (unpaired) electrons. The third-order valence-corrected chi connectivity index (χ3v) is 4.65. The maximum Gasteiger partial charge on any atom is 0.280 e. The Morgan fingerprint density at radius 3 is 2.42 bits per heavy atom. The van der Waals surface area contributed by atoms with Crippen molar-refractivity contribution in [1.29, 1.82) is 0 Å². The molecule has 2 N–H and O–H groups in total. The molecule has 0 bridgehead atoms. The van der Waals surface area contributed by atoms with E-state index in [2.05, 4.69) is 10.6 Å². The molecular weight excluding hydrogens is 424 g/mol. The van der Waals surface area contributed by atoms with Crippen LogP contribution in [0, 0.1) is 10.1 Å². The van der Waals surface area contributed by atoms with E-state index in [0.29, 0.717) is 24.2 Å². The number of carbonyl (C=O) groups excluding carboxylic acids is 2. The summed E-state index contributed by atoms with van der Waals surface area (Å²) in [5.74, 6) is -0.399. The standard InChI is InChI=1S/C24H24N4O5/c1-27(2)15-14-25-24(30)20(26-23(29)17-8-4-3-5-9-17)16-18-12-13-22(33-18)19-10-6-7-11-21(19)28(31)32/h3-13,16H,14-15H2,1-2H3,(H,25,30)(H,26,29)/b20-16-. The molecule has 1 heterocycles. The van der Waals surface area contributed by atoms with Crippen LogP contribution in [0.25, 0.3) is 17.4 Å². The average molecular weight is 448 g/mol. The fourth-order valence-corrected chi connectivity index (χ4v) is 2.99. The van der Waals surface area contributed by atoms with Crippen LogP contribution in [0.4, 0.5) is 5.69 Å². The Morgan fingerprint density at radius 1 is 1.03 bits per heavy atom. The maximum atomic E-state index is 12.8. The first-order valence-corrected chi connectivity index (χ1v) is 10.2. The highest BCUT2D eigenvalue weighted by Gasteiger charge is 2.19. The van der Waals surface area contributed by atoms with E-state index in [9.17, 15) is 19.7 Å². The number of nitrogens with one attached hydrogen (secondary N) is 2. The van der Waals surface area contributed by atoms with Crippen LogP contribution in [0.5, 0.6) is 0 Å². The number of amides is 2. The van der Waals surface area contributed by atoms with Crippen LogP contribution < -0.4 is 10.6 Å². The van der Waals surface area contributed by atoms with Gasteiger partial charge in [-0.3, -0.25) is 19.7 Å². The number of nitrogens with zero attached hydrogens (tertiary/aromatic N) is 2. The van der Waals surface area contributed by atoms with Crippen molar-refractivity contribution in [3.63, 3.8) is 0 Å². The van der Waals surface area contributed by atoms with Gasteiger partial charge >= 0.3 is 0 Å². The van der Waals surface area contributed by atoms with E-state index in [0.717, 1.165) is 0 Å². The number of hydrogen-bond donors (Lipinski definition) is 2. The Balaban J connectivity index is 1.88. The molecule has 170 valence electrons. The smallest absolute Gasteiger partial charge is 0.280 e. The van der Waals surface area contributed by atoms with E-state index in [-0.39, 0.29) is 22.9 Å². The zero-order chi connectivity index (χ0) is 23.8. The van der Waals surface area contributed by atoms with E-state index in [1.807, 2.05) is 19.0 Å². The van der Waals surface area contributed by atoms with Gasteiger partial charge in [-0.2, -0.15) is 0 Å². The predicted octanol–water partition coefficient (Wildman–Crippen LogP) is 3.30. The van der Waals surface area contributed by atoms with Crippen molar-refractivity contribution in [2.24, 2.45) is 0 Å². The summed E-state index contributed by atoms with van der Waals surface area (Å²) in [6.07, 6.45) is 1.39. The Kier molecular flexibility index (Phi) is 7.72. The van der Waals surface area contributed by atoms with Gasteiger partial charge in [0.2, 0.25) is 0 Å². The molecule has 3 rings (SSSR count). The highest BCUT2D eigenvalue weighted by molar-refractivity contribution is 6.05. The first-order chi connectivity index (χ1) is 15.8. The lowest BCUT2D eigenvalue weighted by Gasteiger charge is -2.13. The van der Waals surface area contributed by atoms with Gasteiger partial charge in [0, 0.05) is 30.8 Å². The van der Waals surface area contributed by atoms with E-state index in [4.69, 9.17) is 4.42 Å². The highest BCUT2D eigenvalue weighted by atomic mass is 16.6. The second kappa shape index (κ2) is 10.9. The number of likely N-dealkylation sites (N-methyl/N-ethyl adjacent to an activating group) is 1. The van der Waals surface area contributed by atoms with Gasteiger partial charge < -0.3 is 20.0 Å². The normalized spacial score (nSPS) is 11.3. The molecule has 2 amide bonds. The topological polar surface area (TPSA) is 118 Å². The lowest BCUT2D eigenvalue weighted by Crippen LogP contribution is -2.37. The zero-order valence-corrected chi connectivity index (χ0v) is 18.3. The number of benzene rings is 2. The average Bonchev–Trinajstić information content (AvgIpc) is 3.27. The molecule has 0 aliphatic heterocycles. The minimum absolute atomic E-state index is 0.00827. The molecule has 0 atom stereocenters. The van der Waals surface area contributed by atoms with Crippen molar-refractivity contribution in [3.05, 3.63) is 93.9 Å². The van der Waals surface area contributed by atoms with Gasteiger partial charge in [0.1, 0.15) is 17.2 Å². The molecule has 0 spiro atoms. The summed E-state index contributed by atoms with van der Waals surface area (Å²) >= 11 is 0. The quantitative estimate of drug-likeness (QED) is 0.295. The van der Waals surface area contributed by atoms with Gasteiger partial charge in [0.15, 0.2) is 0 Å². The fraction of sp³-hybridized carbons (Fsp3) is 0.167. The number of carbonyl (C=O) groups is 2. The van der Waals surface area contributed by atoms with Crippen molar-refractivity contribution in [1.82, 2.24) is 15.5 Å². The summed E-state index contributed by atoms with van der Waals surface area (Å²) < 4.78 is 5.75. The number of rotatable bonds is 9. The number of para-hydroxylation sites is 1. The molecule has 1 aromatic heterocycles. The second-order valence-corrected chi connectivity index (χ2v) is 7.41. The first-order valence-electron chi connectivity index (χ1n) is 10.2. The van der Waals surface area contributed by atoms with Crippen LogP contribution in [0.2, 0.25) is 0 Å². The number of furan rings is 1. The Hall–Kier alpha value is -4.24. The largest absolute Gasteiger partial charge is 0.456 e. The lowest BCUT2D eigenvalue weighted by atomic mass is 10.1. The van der Waals surface area contributed by atoms with E-state index in [1.54, 1.807) is 60.7 Å². The summed E-state index contributed by atoms with van der Waals surface area (Å²) in [5, 5.41) is 16.7. The van der Waals surface area contributed by atoms with E-state index >= 15 is 0 Å². The van der Waals surface area contributed by atoms with Gasteiger partial charge in [-0.1, -0.05) is 30.3 Å². The second-order valence-electron chi connectivity index (χ2n) is 7.41.